The summed E-state index contributed by atoms with van der Waals surface area (Å²) in [5.41, 5.74) is 2.60. The van der Waals surface area contributed by atoms with Gasteiger partial charge in [0.2, 0.25) is 0 Å². The van der Waals surface area contributed by atoms with E-state index in [0.29, 0.717) is 22.7 Å². The molecule has 3 rings (SSSR count). The van der Waals surface area contributed by atoms with Gasteiger partial charge in [-0.25, -0.2) is 4.79 Å². The first-order chi connectivity index (χ1) is 13.0. The zero-order chi connectivity index (χ0) is 19.4. The van der Waals surface area contributed by atoms with E-state index >= 15 is 0 Å². The number of furan rings is 1. The minimum Gasteiger partial charge on any atom is -0.493 e. The molecule has 0 saturated carbocycles. The van der Waals surface area contributed by atoms with Crippen molar-refractivity contribution in [2.45, 2.75) is 13.8 Å². The molecule has 6 nitrogen and oxygen atoms in total. The van der Waals surface area contributed by atoms with Crippen molar-refractivity contribution >= 4 is 17.6 Å². The van der Waals surface area contributed by atoms with Gasteiger partial charge in [0, 0.05) is 5.69 Å². The molecule has 27 heavy (non-hydrogen) atoms. The van der Waals surface area contributed by atoms with Gasteiger partial charge in [-0.3, -0.25) is 4.79 Å². The van der Waals surface area contributed by atoms with Crippen molar-refractivity contribution in [3.63, 3.8) is 0 Å². The zero-order valence-electron chi connectivity index (χ0n) is 15.2. The number of esters is 1. The number of nitrogens with one attached hydrogen (secondary N) is 1. The van der Waals surface area contributed by atoms with E-state index in [1.807, 2.05) is 19.9 Å². The average molecular weight is 365 g/mol. The van der Waals surface area contributed by atoms with Gasteiger partial charge in [-0.1, -0.05) is 12.1 Å². The van der Waals surface area contributed by atoms with Crippen LogP contribution in [-0.2, 0) is 0 Å². The largest absolute Gasteiger partial charge is 0.493 e. The molecule has 0 bridgehead atoms. The Morgan fingerprint density at radius 2 is 1.81 bits per heavy atom. The lowest BCUT2D eigenvalue weighted by Gasteiger charge is -2.12. The second-order valence-electron chi connectivity index (χ2n) is 6.00. The highest BCUT2D eigenvalue weighted by atomic mass is 16.6. The van der Waals surface area contributed by atoms with Crippen molar-refractivity contribution in [2.24, 2.45) is 0 Å². The maximum Gasteiger partial charge on any atom is 0.343 e. The van der Waals surface area contributed by atoms with E-state index < -0.39 is 11.9 Å². The number of hydrogen-bond donors (Lipinski definition) is 1. The summed E-state index contributed by atoms with van der Waals surface area (Å²) >= 11 is 0. The zero-order valence-corrected chi connectivity index (χ0v) is 15.2. The van der Waals surface area contributed by atoms with Crippen molar-refractivity contribution in [3.05, 3.63) is 77.2 Å². The maximum absolute atomic E-state index is 12.5. The van der Waals surface area contributed by atoms with Crippen molar-refractivity contribution < 1.29 is 23.5 Å². The Labute approximate surface area is 156 Å². The Bertz CT molecular complexity index is 976. The van der Waals surface area contributed by atoms with Gasteiger partial charge >= 0.3 is 5.97 Å². The second kappa shape index (κ2) is 7.78. The van der Waals surface area contributed by atoms with E-state index in [1.54, 1.807) is 42.5 Å². The molecule has 1 heterocycles. The molecule has 0 atom stereocenters. The summed E-state index contributed by atoms with van der Waals surface area (Å²) < 4.78 is 15.8. The standard InChI is InChI=1S/C21H19NO5/c1-13-6-9-17(19(11-13)25-3)27-21(24)15-8-7-14(2)16(12-15)22-20(23)18-5-4-10-26-18/h4-12H,1-3H3,(H,22,23). The summed E-state index contributed by atoms with van der Waals surface area (Å²) in [5.74, 6) is 0.0443. The summed E-state index contributed by atoms with van der Waals surface area (Å²) in [5, 5.41) is 2.74. The number of rotatable bonds is 5. The number of carbonyl (C=O) groups is 2. The van der Waals surface area contributed by atoms with Crippen LogP contribution in [0.4, 0.5) is 5.69 Å². The number of ether oxygens (including phenoxy) is 2. The van der Waals surface area contributed by atoms with Crippen molar-refractivity contribution in [1.29, 1.82) is 0 Å². The molecule has 0 radical (unpaired) electrons. The molecule has 0 aliphatic heterocycles. The molecule has 2 aromatic carbocycles. The summed E-state index contributed by atoms with van der Waals surface area (Å²) in [6.07, 6.45) is 1.42. The first-order valence-electron chi connectivity index (χ1n) is 8.30. The van der Waals surface area contributed by atoms with Crippen LogP contribution in [0.2, 0.25) is 0 Å². The van der Waals surface area contributed by atoms with Gasteiger partial charge < -0.3 is 19.2 Å². The molecule has 1 amide bonds. The van der Waals surface area contributed by atoms with Gasteiger partial charge in [0.25, 0.3) is 5.91 Å². The Kier molecular flexibility index (Phi) is 5.26. The van der Waals surface area contributed by atoms with E-state index in [-0.39, 0.29) is 5.76 Å². The van der Waals surface area contributed by atoms with Crippen LogP contribution in [0.3, 0.4) is 0 Å². The van der Waals surface area contributed by atoms with E-state index in [9.17, 15) is 9.59 Å². The van der Waals surface area contributed by atoms with Crippen molar-refractivity contribution in [1.82, 2.24) is 0 Å². The van der Waals surface area contributed by atoms with Gasteiger partial charge in [-0.15, -0.1) is 0 Å². The average Bonchev–Trinajstić information content (AvgIpc) is 3.19. The van der Waals surface area contributed by atoms with Crippen molar-refractivity contribution in [2.75, 3.05) is 12.4 Å². The van der Waals surface area contributed by atoms with Gasteiger partial charge in [-0.05, 0) is 61.4 Å². The minimum absolute atomic E-state index is 0.187. The maximum atomic E-state index is 12.5. The fraction of sp³-hybridized carbons (Fsp3) is 0.143. The first kappa shape index (κ1) is 18.3. The molecule has 6 heteroatoms. The molecule has 0 aliphatic carbocycles. The number of amides is 1. The summed E-state index contributed by atoms with van der Waals surface area (Å²) in [7, 11) is 1.51. The molecule has 0 saturated heterocycles. The van der Waals surface area contributed by atoms with Crippen molar-refractivity contribution in [3.8, 4) is 11.5 Å². The van der Waals surface area contributed by atoms with Gasteiger partial charge in [0.05, 0.1) is 18.9 Å². The molecular formula is C21H19NO5. The smallest absolute Gasteiger partial charge is 0.343 e. The topological polar surface area (TPSA) is 77.8 Å². The lowest BCUT2D eigenvalue weighted by molar-refractivity contribution is 0.0729. The highest BCUT2D eigenvalue weighted by Crippen LogP contribution is 2.29. The molecular weight excluding hydrogens is 346 g/mol. The highest BCUT2D eigenvalue weighted by Gasteiger charge is 2.16. The van der Waals surface area contributed by atoms with Crippen LogP contribution in [0.1, 0.15) is 32.0 Å². The van der Waals surface area contributed by atoms with Gasteiger partial charge in [-0.2, -0.15) is 0 Å². The number of aryl methyl sites for hydroxylation is 2. The van der Waals surface area contributed by atoms with Crippen LogP contribution in [0.5, 0.6) is 11.5 Å². The lowest BCUT2D eigenvalue weighted by Crippen LogP contribution is -2.14. The Hall–Kier alpha value is -3.54. The molecule has 0 fully saturated rings. The summed E-state index contributed by atoms with van der Waals surface area (Å²) in [6, 6.07) is 13.4. The normalized spacial score (nSPS) is 10.3. The van der Waals surface area contributed by atoms with Gasteiger partial charge in [0.15, 0.2) is 17.3 Å². The van der Waals surface area contributed by atoms with E-state index in [1.165, 1.54) is 13.4 Å². The van der Waals surface area contributed by atoms with Crippen LogP contribution >= 0.6 is 0 Å². The quantitative estimate of drug-likeness (QED) is 0.536. The SMILES string of the molecule is COc1cc(C)ccc1OC(=O)c1ccc(C)c(NC(=O)c2ccco2)c1. The number of benzene rings is 2. The molecule has 1 N–H and O–H groups in total. The Balaban J connectivity index is 1.81. The fourth-order valence-electron chi connectivity index (χ4n) is 2.49. The van der Waals surface area contributed by atoms with Crippen LogP contribution in [0.25, 0.3) is 0 Å². The fourth-order valence-corrected chi connectivity index (χ4v) is 2.49. The molecule has 0 spiro atoms. The molecule has 3 aromatic rings. The third-order valence-electron chi connectivity index (χ3n) is 3.99. The summed E-state index contributed by atoms with van der Waals surface area (Å²) in [6.45, 7) is 3.75. The highest BCUT2D eigenvalue weighted by molar-refractivity contribution is 6.03. The first-order valence-corrected chi connectivity index (χ1v) is 8.30. The third-order valence-corrected chi connectivity index (χ3v) is 3.99. The third kappa shape index (κ3) is 4.17. The minimum atomic E-state index is -0.550. The predicted molar refractivity (Wildman–Crippen MR) is 101 cm³/mol. The van der Waals surface area contributed by atoms with Crippen LogP contribution in [0.15, 0.2) is 59.2 Å². The predicted octanol–water partition coefficient (Wildman–Crippen LogP) is 4.38. The molecule has 138 valence electrons. The van der Waals surface area contributed by atoms with E-state index in [4.69, 9.17) is 13.9 Å². The lowest BCUT2D eigenvalue weighted by atomic mass is 10.1. The second-order valence-corrected chi connectivity index (χ2v) is 6.00. The van der Waals surface area contributed by atoms with Gasteiger partial charge in [0.1, 0.15) is 0 Å². The van der Waals surface area contributed by atoms with Crippen LogP contribution < -0.4 is 14.8 Å². The Morgan fingerprint density at radius 3 is 2.52 bits per heavy atom. The van der Waals surface area contributed by atoms with Crippen LogP contribution in [0, 0.1) is 13.8 Å². The van der Waals surface area contributed by atoms with E-state index in [0.717, 1.165) is 11.1 Å². The number of hydrogen-bond acceptors (Lipinski definition) is 5. The number of methoxy groups -OCH3 is 1. The monoisotopic (exact) mass is 365 g/mol. The van der Waals surface area contributed by atoms with Crippen LogP contribution in [-0.4, -0.2) is 19.0 Å². The molecule has 0 aliphatic rings. The van der Waals surface area contributed by atoms with E-state index in [2.05, 4.69) is 5.32 Å². The number of carbonyl (C=O) groups excluding carboxylic acids is 2. The summed E-state index contributed by atoms with van der Waals surface area (Å²) in [4.78, 5) is 24.7. The molecule has 0 unspecified atom stereocenters. The molecule has 1 aromatic heterocycles. The Morgan fingerprint density at radius 1 is 1.00 bits per heavy atom. The number of anilines is 1.